The predicted molar refractivity (Wildman–Crippen MR) is 59.8 cm³/mol. The van der Waals surface area contributed by atoms with Crippen molar-refractivity contribution in [1.82, 2.24) is 5.32 Å². The number of rotatable bonds is 8. The lowest BCUT2D eigenvalue weighted by molar-refractivity contribution is -0.146. The van der Waals surface area contributed by atoms with Crippen molar-refractivity contribution in [2.24, 2.45) is 0 Å². The van der Waals surface area contributed by atoms with Crippen LogP contribution >= 0.6 is 0 Å². The van der Waals surface area contributed by atoms with E-state index < -0.39 is 0 Å². The molecule has 0 aliphatic rings. The van der Waals surface area contributed by atoms with Gasteiger partial charge in [-0.15, -0.1) is 0 Å². The van der Waals surface area contributed by atoms with E-state index in [1.807, 2.05) is 27.7 Å². The van der Waals surface area contributed by atoms with E-state index in [1.165, 1.54) is 0 Å². The van der Waals surface area contributed by atoms with Crippen LogP contribution in [0.4, 0.5) is 0 Å². The molecule has 1 N–H and O–H groups in total. The Bertz CT molecular complexity index is 171. The van der Waals surface area contributed by atoms with Gasteiger partial charge in [-0.2, -0.15) is 0 Å². The third-order valence-electron chi connectivity index (χ3n) is 1.86. The summed E-state index contributed by atoms with van der Waals surface area (Å²) in [6, 6.07) is 0.0116. The van der Waals surface area contributed by atoms with Crippen molar-refractivity contribution in [2.45, 2.75) is 46.2 Å². The SMILES string of the molecule is CCOCCC(NC(C)C)C(=O)OCC. The highest BCUT2D eigenvalue weighted by molar-refractivity contribution is 5.75. The van der Waals surface area contributed by atoms with Gasteiger partial charge in [-0.1, -0.05) is 13.8 Å². The first-order chi connectivity index (χ1) is 7.11. The van der Waals surface area contributed by atoms with Crippen molar-refractivity contribution in [3.05, 3.63) is 0 Å². The summed E-state index contributed by atoms with van der Waals surface area (Å²) in [7, 11) is 0. The minimum absolute atomic E-state index is 0.189. The van der Waals surface area contributed by atoms with Crippen molar-refractivity contribution >= 4 is 5.97 Å². The fourth-order valence-corrected chi connectivity index (χ4v) is 1.26. The van der Waals surface area contributed by atoms with Crippen molar-refractivity contribution in [1.29, 1.82) is 0 Å². The lowest BCUT2D eigenvalue weighted by Crippen LogP contribution is -2.42. The normalized spacial score (nSPS) is 12.9. The van der Waals surface area contributed by atoms with Gasteiger partial charge in [0.05, 0.1) is 6.61 Å². The quantitative estimate of drug-likeness (QED) is 0.492. The Balaban J connectivity index is 3.99. The largest absolute Gasteiger partial charge is 0.465 e. The molecule has 0 aromatic heterocycles. The average molecular weight is 217 g/mol. The molecular formula is C11H23NO3. The third-order valence-corrected chi connectivity index (χ3v) is 1.86. The summed E-state index contributed by atoms with van der Waals surface area (Å²) >= 11 is 0. The first kappa shape index (κ1) is 14.4. The summed E-state index contributed by atoms with van der Waals surface area (Å²) in [5.74, 6) is -0.189. The lowest BCUT2D eigenvalue weighted by Gasteiger charge is -2.19. The summed E-state index contributed by atoms with van der Waals surface area (Å²) in [5, 5.41) is 3.17. The van der Waals surface area contributed by atoms with Crippen LogP contribution in [0.1, 0.15) is 34.1 Å². The number of hydrogen-bond donors (Lipinski definition) is 1. The number of nitrogens with one attached hydrogen (secondary N) is 1. The summed E-state index contributed by atoms with van der Waals surface area (Å²) in [6.45, 7) is 9.45. The van der Waals surface area contributed by atoms with Gasteiger partial charge in [0.25, 0.3) is 0 Å². The van der Waals surface area contributed by atoms with Crippen molar-refractivity contribution in [2.75, 3.05) is 19.8 Å². The maximum absolute atomic E-state index is 11.5. The number of carbonyl (C=O) groups excluding carboxylic acids is 1. The maximum Gasteiger partial charge on any atom is 0.323 e. The number of carbonyl (C=O) groups is 1. The Kier molecular flexibility index (Phi) is 8.33. The van der Waals surface area contributed by atoms with Gasteiger partial charge in [0.2, 0.25) is 0 Å². The molecule has 1 atom stereocenters. The second-order valence-electron chi connectivity index (χ2n) is 3.61. The molecule has 0 spiro atoms. The Morgan fingerprint density at radius 3 is 2.40 bits per heavy atom. The van der Waals surface area contributed by atoms with Crippen LogP contribution in [0.3, 0.4) is 0 Å². The summed E-state index contributed by atoms with van der Waals surface area (Å²) in [5.41, 5.74) is 0. The fourth-order valence-electron chi connectivity index (χ4n) is 1.26. The smallest absolute Gasteiger partial charge is 0.323 e. The molecule has 15 heavy (non-hydrogen) atoms. The van der Waals surface area contributed by atoms with Gasteiger partial charge in [0, 0.05) is 19.3 Å². The molecule has 0 saturated carbocycles. The molecule has 0 saturated heterocycles. The van der Waals surface area contributed by atoms with Gasteiger partial charge in [-0.3, -0.25) is 4.79 Å². The molecule has 0 aromatic carbocycles. The molecular weight excluding hydrogens is 194 g/mol. The summed E-state index contributed by atoms with van der Waals surface area (Å²) in [6.07, 6.45) is 0.658. The average Bonchev–Trinajstić information content (AvgIpc) is 2.16. The van der Waals surface area contributed by atoms with Crippen molar-refractivity contribution in [3.63, 3.8) is 0 Å². The van der Waals surface area contributed by atoms with Crippen LogP contribution in [0.2, 0.25) is 0 Å². The summed E-state index contributed by atoms with van der Waals surface area (Å²) < 4.78 is 10.2. The van der Waals surface area contributed by atoms with Crippen LogP contribution in [0.15, 0.2) is 0 Å². The van der Waals surface area contributed by atoms with E-state index in [1.54, 1.807) is 0 Å². The molecule has 0 radical (unpaired) electrons. The van der Waals surface area contributed by atoms with Crippen LogP contribution in [-0.4, -0.2) is 37.9 Å². The Labute approximate surface area is 92.3 Å². The molecule has 0 aromatic rings. The van der Waals surface area contributed by atoms with Crippen LogP contribution in [0.25, 0.3) is 0 Å². The van der Waals surface area contributed by atoms with Crippen LogP contribution < -0.4 is 5.32 Å². The first-order valence-corrected chi connectivity index (χ1v) is 5.62. The van der Waals surface area contributed by atoms with E-state index in [-0.39, 0.29) is 18.1 Å². The second kappa shape index (κ2) is 8.68. The zero-order chi connectivity index (χ0) is 11.7. The Morgan fingerprint density at radius 1 is 1.27 bits per heavy atom. The van der Waals surface area contributed by atoms with Crippen molar-refractivity contribution in [3.8, 4) is 0 Å². The van der Waals surface area contributed by atoms with E-state index in [2.05, 4.69) is 5.32 Å². The minimum atomic E-state index is -0.253. The van der Waals surface area contributed by atoms with Crippen LogP contribution in [0, 0.1) is 0 Å². The Hall–Kier alpha value is -0.610. The Morgan fingerprint density at radius 2 is 1.93 bits per heavy atom. The number of ether oxygens (including phenoxy) is 2. The van der Waals surface area contributed by atoms with Gasteiger partial charge >= 0.3 is 5.97 Å². The van der Waals surface area contributed by atoms with E-state index in [0.717, 1.165) is 0 Å². The first-order valence-electron chi connectivity index (χ1n) is 5.62. The standard InChI is InChI=1S/C11H23NO3/c1-5-14-8-7-10(12-9(3)4)11(13)15-6-2/h9-10,12H,5-8H2,1-4H3. The molecule has 4 heteroatoms. The molecule has 90 valence electrons. The lowest BCUT2D eigenvalue weighted by atomic mass is 10.2. The molecule has 0 fully saturated rings. The maximum atomic E-state index is 11.5. The number of esters is 1. The fraction of sp³-hybridized carbons (Fsp3) is 0.909. The van der Waals surface area contributed by atoms with Crippen LogP contribution in [0.5, 0.6) is 0 Å². The molecule has 0 bridgehead atoms. The highest BCUT2D eigenvalue weighted by Crippen LogP contribution is 1.99. The highest BCUT2D eigenvalue weighted by atomic mass is 16.5. The van der Waals surface area contributed by atoms with Gasteiger partial charge in [-0.05, 0) is 20.3 Å². The van der Waals surface area contributed by atoms with E-state index in [0.29, 0.717) is 26.2 Å². The third kappa shape index (κ3) is 7.33. The zero-order valence-electron chi connectivity index (χ0n) is 10.2. The topological polar surface area (TPSA) is 47.6 Å². The molecule has 4 nitrogen and oxygen atoms in total. The molecule has 0 heterocycles. The van der Waals surface area contributed by atoms with E-state index in [9.17, 15) is 4.79 Å². The minimum Gasteiger partial charge on any atom is -0.465 e. The van der Waals surface area contributed by atoms with Gasteiger partial charge in [0.15, 0.2) is 0 Å². The monoisotopic (exact) mass is 217 g/mol. The van der Waals surface area contributed by atoms with E-state index in [4.69, 9.17) is 9.47 Å². The zero-order valence-corrected chi connectivity index (χ0v) is 10.2. The predicted octanol–water partition coefficient (Wildman–Crippen LogP) is 1.34. The van der Waals surface area contributed by atoms with Crippen LogP contribution in [-0.2, 0) is 14.3 Å². The molecule has 0 rings (SSSR count). The second-order valence-corrected chi connectivity index (χ2v) is 3.61. The summed E-state index contributed by atoms with van der Waals surface area (Å²) in [4.78, 5) is 11.5. The molecule has 0 amide bonds. The van der Waals surface area contributed by atoms with Gasteiger partial charge in [-0.25, -0.2) is 0 Å². The molecule has 1 unspecified atom stereocenters. The van der Waals surface area contributed by atoms with E-state index >= 15 is 0 Å². The molecule has 0 aliphatic heterocycles. The van der Waals surface area contributed by atoms with Gasteiger partial charge < -0.3 is 14.8 Å². The van der Waals surface area contributed by atoms with Crippen molar-refractivity contribution < 1.29 is 14.3 Å². The van der Waals surface area contributed by atoms with Gasteiger partial charge in [0.1, 0.15) is 6.04 Å². The number of hydrogen-bond acceptors (Lipinski definition) is 4. The highest BCUT2D eigenvalue weighted by Gasteiger charge is 2.19. The molecule has 0 aliphatic carbocycles.